The summed E-state index contributed by atoms with van der Waals surface area (Å²) in [5.74, 6) is 0.129. The molecule has 130 valence electrons. The number of amides is 1. The van der Waals surface area contributed by atoms with Crippen LogP contribution in [0.25, 0.3) is 5.69 Å². The van der Waals surface area contributed by atoms with E-state index in [1.807, 2.05) is 30.0 Å². The lowest BCUT2D eigenvalue weighted by Crippen LogP contribution is -2.42. The normalized spacial score (nSPS) is 15.2. The number of carbonyl (C=O) groups is 1. The molecule has 0 radical (unpaired) electrons. The quantitative estimate of drug-likeness (QED) is 0.905. The maximum absolute atomic E-state index is 12.9. The van der Waals surface area contributed by atoms with Crippen molar-refractivity contribution >= 4 is 18.3 Å². The van der Waals surface area contributed by atoms with E-state index in [4.69, 9.17) is 5.73 Å². The Morgan fingerprint density at radius 1 is 1.12 bits per heavy atom. The van der Waals surface area contributed by atoms with Crippen molar-refractivity contribution in [3.05, 3.63) is 52.8 Å². The van der Waals surface area contributed by atoms with Crippen molar-refractivity contribution in [2.24, 2.45) is 5.73 Å². The molecule has 2 aromatic rings. The number of benzene rings is 1. The fourth-order valence-corrected chi connectivity index (χ4v) is 3.44. The number of nitrogens with zero attached hydrogens (tertiary/aromatic N) is 2. The van der Waals surface area contributed by atoms with Gasteiger partial charge in [0.2, 0.25) is 0 Å². The minimum atomic E-state index is 0. The molecular formula is C19H26ClN3O. The summed E-state index contributed by atoms with van der Waals surface area (Å²) in [4.78, 5) is 14.8. The average molecular weight is 348 g/mol. The summed E-state index contributed by atoms with van der Waals surface area (Å²) in [6.07, 6.45) is 1.78. The maximum atomic E-state index is 12.9. The molecule has 2 N–H and O–H groups in total. The third-order valence-electron chi connectivity index (χ3n) is 4.84. The number of likely N-dealkylation sites (tertiary alicyclic amines) is 1. The van der Waals surface area contributed by atoms with Gasteiger partial charge in [-0.15, -0.1) is 12.4 Å². The topological polar surface area (TPSA) is 51.3 Å². The summed E-state index contributed by atoms with van der Waals surface area (Å²) in [5, 5.41) is 0. The number of aryl methyl sites for hydroxylation is 2. The zero-order chi connectivity index (χ0) is 16.6. The Labute approximate surface area is 150 Å². The maximum Gasteiger partial charge on any atom is 0.255 e. The Morgan fingerprint density at radius 2 is 1.75 bits per heavy atom. The number of para-hydroxylation sites is 1. The van der Waals surface area contributed by atoms with Gasteiger partial charge in [-0.1, -0.05) is 18.2 Å². The monoisotopic (exact) mass is 347 g/mol. The third kappa shape index (κ3) is 3.35. The Kier molecular flexibility index (Phi) is 5.73. The van der Waals surface area contributed by atoms with Gasteiger partial charge in [0.1, 0.15) is 0 Å². The van der Waals surface area contributed by atoms with Crippen molar-refractivity contribution in [3.8, 4) is 5.69 Å². The summed E-state index contributed by atoms with van der Waals surface area (Å²) in [7, 11) is 0. The fourth-order valence-electron chi connectivity index (χ4n) is 3.44. The first kappa shape index (κ1) is 18.6. The van der Waals surface area contributed by atoms with Crippen LogP contribution in [0.1, 0.15) is 40.2 Å². The van der Waals surface area contributed by atoms with Crippen molar-refractivity contribution in [3.63, 3.8) is 0 Å². The average Bonchev–Trinajstić information content (AvgIpc) is 2.83. The van der Waals surface area contributed by atoms with Crippen LogP contribution in [0.2, 0.25) is 0 Å². The van der Waals surface area contributed by atoms with Gasteiger partial charge in [-0.05, 0) is 51.3 Å². The highest BCUT2D eigenvalue weighted by Gasteiger charge is 2.25. The second kappa shape index (κ2) is 7.41. The van der Waals surface area contributed by atoms with Crippen LogP contribution in [0, 0.1) is 20.8 Å². The van der Waals surface area contributed by atoms with E-state index in [0.717, 1.165) is 48.6 Å². The van der Waals surface area contributed by atoms with E-state index in [-0.39, 0.29) is 24.4 Å². The molecule has 0 saturated carbocycles. The van der Waals surface area contributed by atoms with Crippen LogP contribution < -0.4 is 5.73 Å². The van der Waals surface area contributed by atoms with Gasteiger partial charge >= 0.3 is 0 Å². The van der Waals surface area contributed by atoms with E-state index < -0.39 is 0 Å². The SMILES string of the molecule is Cc1ccccc1-n1c(C)cc(C(=O)N2CCC(N)CC2)c1C.Cl. The minimum Gasteiger partial charge on any atom is -0.338 e. The van der Waals surface area contributed by atoms with E-state index in [1.165, 1.54) is 5.56 Å². The lowest BCUT2D eigenvalue weighted by molar-refractivity contribution is 0.0714. The largest absolute Gasteiger partial charge is 0.338 e. The standard InChI is InChI=1S/C19H25N3O.ClH/c1-13-6-4-5-7-18(13)22-14(2)12-17(15(22)3)19(23)21-10-8-16(20)9-11-21;/h4-7,12,16H,8-11,20H2,1-3H3;1H. The van der Waals surface area contributed by atoms with Crippen LogP contribution in [0.5, 0.6) is 0 Å². The van der Waals surface area contributed by atoms with E-state index in [0.29, 0.717) is 0 Å². The van der Waals surface area contributed by atoms with Crippen LogP contribution in [0.15, 0.2) is 30.3 Å². The van der Waals surface area contributed by atoms with Crippen molar-refractivity contribution in [2.45, 2.75) is 39.7 Å². The number of hydrogen-bond acceptors (Lipinski definition) is 2. The van der Waals surface area contributed by atoms with Crippen LogP contribution in [0.3, 0.4) is 0 Å². The molecule has 1 saturated heterocycles. The fraction of sp³-hybridized carbons (Fsp3) is 0.421. The smallest absolute Gasteiger partial charge is 0.255 e. The Hall–Kier alpha value is -1.78. The molecule has 0 aliphatic carbocycles. The predicted molar refractivity (Wildman–Crippen MR) is 100 cm³/mol. The van der Waals surface area contributed by atoms with Gasteiger partial charge in [0.25, 0.3) is 5.91 Å². The molecule has 0 spiro atoms. The number of aromatic nitrogens is 1. The van der Waals surface area contributed by atoms with Crippen LogP contribution in [-0.2, 0) is 0 Å². The first-order chi connectivity index (χ1) is 11.0. The molecule has 1 amide bonds. The number of piperidine rings is 1. The molecule has 1 aromatic carbocycles. The molecule has 2 heterocycles. The van der Waals surface area contributed by atoms with Crippen molar-refractivity contribution < 1.29 is 4.79 Å². The molecule has 0 unspecified atom stereocenters. The molecule has 1 aliphatic rings. The number of hydrogen-bond donors (Lipinski definition) is 1. The first-order valence-electron chi connectivity index (χ1n) is 8.29. The van der Waals surface area contributed by atoms with Crippen molar-refractivity contribution in [1.29, 1.82) is 0 Å². The van der Waals surface area contributed by atoms with Gasteiger partial charge in [-0.3, -0.25) is 4.79 Å². The number of nitrogens with two attached hydrogens (primary N) is 1. The van der Waals surface area contributed by atoms with Gasteiger partial charge in [-0.2, -0.15) is 0 Å². The first-order valence-corrected chi connectivity index (χ1v) is 8.29. The van der Waals surface area contributed by atoms with Crippen LogP contribution in [-0.4, -0.2) is 34.5 Å². The Morgan fingerprint density at radius 3 is 2.38 bits per heavy atom. The second-order valence-corrected chi connectivity index (χ2v) is 6.54. The highest BCUT2D eigenvalue weighted by atomic mass is 35.5. The highest BCUT2D eigenvalue weighted by Crippen LogP contribution is 2.25. The summed E-state index contributed by atoms with van der Waals surface area (Å²) >= 11 is 0. The summed E-state index contributed by atoms with van der Waals surface area (Å²) in [6.45, 7) is 7.70. The number of halogens is 1. The number of rotatable bonds is 2. The van der Waals surface area contributed by atoms with E-state index in [1.54, 1.807) is 0 Å². The summed E-state index contributed by atoms with van der Waals surface area (Å²) in [5.41, 5.74) is 11.2. The van der Waals surface area contributed by atoms with Crippen LogP contribution >= 0.6 is 12.4 Å². The van der Waals surface area contributed by atoms with Gasteiger partial charge < -0.3 is 15.2 Å². The van der Waals surface area contributed by atoms with E-state index in [2.05, 4.69) is 30.5 Å². The Bertz CT molecular complexity index is 730. The van der Waals surface area contributed by atoms with Gasteiger partial charge in [0.05, 0.1) is 5.56 Å². The zero-order valence-electron chi connectivity index (χ0n) is 14.6. The third-order valence-corrected chi connectivity index (χ3v) is 4.84. The highest BCUT2D eigenvalue weighted by molar-refractivity contribution is 5.96. The van der Waals surface area contributed by atoms with Crippen molar-refractivity contribution in [2.75, 3.05) is 13.1 Å². The zero-order valence-corrected chi connectivity index (χ0v) is 15.4. The molecule has 0 bridgehead atoms. The lowest BCUT2D eigenvalue weighted by atomic mass is 10.1. The molecular weight excluding hydrogens is 322 g/mol. The number of carbonyl (C=O) groups excluding carboxylic acids is 1. The summed E-state index contributed by atoms with van der Waals surface area (Å²) in [6, 6.07) is 10.5. The predicted octanol–water partition coefficient (Wildman–Crippen LogP) is 3.39. The molecule has 0 atom stereocenters. The Balaban J connectivity index is 0.00000208. The molecule has 4 nitrogen and oxygen atoms in total. The van der Waals surface area contributed by atoms with Crippen molar-refractivity contribution in [1.82, 2.24) is 9.47 Å². The molecule has 1 fully saturated rings. The second-order valence-electron chi connectivity index (χ2n) is 6.54. The van der Waals surface area contributed by atoms with Gasteiger partial charge in [0, 0.05) is 36.2 Å². The van der Waals surface area contributed by atoms with Crippen LogP contribution in [0.4, 0.5) is 0 Å². The van der Waals surface area contributed by atoms with E-state index >= 15 is 0 Å². The molecule has 24 heavy (non-hydrogen) atoms. The molecule has 5 heteroatoms. The summed E-state index contributed by atoms with van der Waals surface area (Å²) < 4.78 is 2.18. The van der Waals surface area contributed by atoms with E-state index in [9.17, 15) is 4.79 Å². The lowest BCUT2D eigenvalue weighted by Gasteiger charge is -2.30. The van der Waals surface area contributed by atoms with Gasteiger partial charge in [-0.25, -0.2) is 0 Å². The molecule has 1 aliphatic heterocycles. The minimum absolute atomic E-state index is 0. The molecule has 3 rings (SSSR count). The van der Waals surface area contributed by atoms with Gasteiger partial charge in [0.15, 0.2) is 0 Å². The molecule has 1 aromatic heterocycles.